The fraction of sp³-hybridized carbons (Fsp3) is 0. The summed E-state index contributed by atoms with van der Waals surface area (Å²) in [5, 5.41) is 4.96. The Kier molecular flexibility index (Phi) is 5.03. The molecular formula is C34H20N6. The molecule has 0 aliphatic carbocycles. The van der Waals surface area contributed by atoms with Crippen molar-refractivity contribution in [3.8, 4) is 34.3 Å². The van der Waals surface area contributed by atoms with Gasteiger partial charge in [-0.05, 0) is 17.5 Å². The van der Waals surface area contributed by atoms with Gasteiger partial charge in [-0.3, -0.25) is 9.97 Å². The second-order valence-corrected chi connectivity index (χ2v) is 9.60. The van der Waals surface area contributed by atoms with Crippen LogP contribution in [0.15, 0.2) is 122 Å². The molecule has 0 N–H and O–H groups in total. The Balaban J connectivity index is 1.47. The average molecular weight is 513 g/mol. The summed E-state index contributed by atoms with van der Waals surface area (Å²) < 4.78 is 0. The first-order chi connectivity index (χ1) is 19.8. The molecule has 0 radical (unpaired) electrons. The van der Waals surface area contributed by atoms with Crippen molar-refractivity contribution in [3.05, 3.63) is 122 Å². The molecule has 186 valence electrons. The maximum absolute atomic E-state index is 5.26. The van der Waals surface area contributed by atoms with Crippen LogP contribution in [0.5, 0.6) is 0 Å². The largest absolute Gasteiger partial charge is 0.254 e. The van der Waals surface area contributed by atoms with Crippen LogP contribution in [-0.2, 0) is 0 Å². The van der Waals surface area contributed by atoms with E-state index in [1.165, 1.54) is 0 Å². The van der Waals surface area contributed by atoms with Gasteiger partial charge >= 0.3 is 0 Å². The molecule has 4 aromatic heterocycles. The SMILES string of the molecule is c1ccc(-c2nc(-c3ccccc3)nc(-c3nc4c(cnc5c4ccc4cccnc45)c4ccccc34)n2)cc1. The van der Waals surface area contributed by atoms with Crippen molar-refractivity contribution in [3.63, 3.8) is 0 Å². The molecule has 4 aromatic carbocycles. The summed E-state index contributed by atoms with van der Waals surface area (Å²) in [6.45, 7) is 0. The van der Waals surface area contributed by atoms with Crippen LogP contribution in [0.2, 0.25) is 0 Å². The second kappa shape index (κ2) is 8.99. The van der Waals surface area contributed by atoms with E-state index in [9.17, 15) is 0 Å². The highest BCUT2D eigenvalue weighted by Gasteiger charge is 2.18. The van der Waals surface area contributed by atoms with Gasteiger partial charge in [0.15, 0.2) is 17.5 Å². The predicted molar refractivity (Wildman–Crippen MR) is 160 cm³/mol. The van der Waals surface area contributed by atoms with E-state index in [-0.39, 0.29) is 0 Å². The predicted octanol–water partition coefficient (Wildman–Crippen LogP) is 7.67. The van der Waals surface area contributed by atoms with Gasteiger partial charge in [0.1, 0.15) is 5.69 Å². The summed E-state index contributed by atoms with van der Waals surface area (Å²) in [6.07, 6.45) is 3.71. The zero-order valence-corrected chi connectivity index (χ0v) is 21.2. The lowest BCUT2D eigenvalue weighted by molar-refractivity contribution is 1.07. The minimum absolute atomic E-state index is 0.523. The molecule has 0 fully saturated rings. The van der Waals surface area contributed by atoms with Crippen molar-refractivity contribution in [2.24, 2.45) is 0 Å². The molecule has 0 spiro atoms. The van der Waals surface area contributed by atoms with Crippen LogP contribution in [0.1, 0.15) is 0 Å². The Hall–Kier alpha value is -5.62. The van der Waals surface area contributed by atoms with E-state index in [1.54, 1.807) is 6.20 Å². The molecular weight excluding hydrogens is 492 g/mol. The smallest absolute Gasteiger partial charge is 0.183 e. The average Bonchev–Trinajstić information content (AvgIpc) is 3.04. The molecule has 0 aliphatic rings. The van der Waals surface area contributed by atoms with E-state index in [1.807, 2.05) is 91.1 Å². The van der Waals surface area contributed by atoms with E-state index in [2.05, 4.69) is 29.2 Å². The molecule has 0 atom stereocenters. The van der Waals surface area contributed by atoms with Crippen LogP contribution >= 0.6 is 0 Å². The highest BCUT2D eigenvalue weighted by molar-refractivity contribution is 6.19. The number of fused-ring (bicyclic) bond motifs is 7. The van der Waals surface area contributed by atoms with Crippen molar-refractivity contribution in [1.82, 2.24) is 29.9 Å². The van der Waals surface area contributed by atoms with E-state index < -0.39 is 0 Å². The zero-order valence-electron chi connectivity index (χ0n) is 21.2. The number of hydrogen-bond donors (Lipinski definition) is 0. The van der Waals surface area contributed by atoms with E-state index in [0.29, 0.717) is 23.2 Å². The van der Waals surface area contributed by atoms with Crippen molar-refractivity contribution < 1.29 is 0 Å². The first kappa shape index (κ1) is 22.4. The lowest BCUT2D eigenvalue weighted by atomic mass is 10.0. The monoisotopic (exact) mass is 512 g/mol. The molecule has 0 saturated carbocycles. The lowest BCUT2D eigenvalue weighted by Gasteiger charge is -2.13. The molecule has 8 rings (SSSR count). The third kappa shape index (κ3) is 3.58. The fourth-order valence-electron chi connectivity index (χ4n) is 5.29. The molecule has 6 heteroatoms. The van der Waals surface area contributed by atoms with Gasteiger partial charge in [-0.25, -0.2) is 19.9 Å². The minimum Gasteiger partial charge on any atom is -0.254 e. The molecule has 0 unspecified atom stereocenters. The first-order valence-electron chi connectivity index (χ1n) is 13.1. The van der Waals surface area contributed by atoms with Gasteiger partial charge in [-0.15, -0.1) is 0 Å². The topological polar surface area (TPSA) is 77.3 Å². The number of hydrogen-bond acceptors (Lipinski definition) is 6. The van der Waals surface area contributed by atoms with Gasteiger partial charge in [-0.2, -0.15) is 0 Å². The molecule has 40 heavy (non-hydrogen) atoms. The van der Waals surface area contributed by atoms with Gasteiger partial charge in [0, 0.05) is 45.1 Å². The highest BCUT2D eigenvalue weighted by Crippen LogP contribution is 2.36. The lowest BCUT2D eigenvalue weighted by Crippen LogP contribution is -2.02. The summed E-state index contributed by atoms with van der Waals surface area (Å²) in [7, 11) is 0. The van der Waals surface area contributed by atoms with Gasteiger partial charge in [-0.1, -0.05) is 97.1 Å². The normalized spacial score (nSPS) is 11.5. The van der Waals surface area contributed by atoms with Crippen LogP contribution < -0.4 is 0 Å². The van der Waals surface area contributed by atoms with E-state index in [0.717, 1.165) is 54.6 Å². The zero-order chi connectivity index (χ0) is 26.5. The molecule has 0 bridgehead atoms. The Morgan fingerprint density at radius 3 is 1.75 bits per heavy atom. The van der Waals surface area contributed by atoms with Crippen molar-refractivity contribution in [2.75, 3.05) is 0 Å². The van der Waals surface area contributed by atoms with E-state index in [4.69, 9.17) is 24.9 Å². The molecule has 8 aromatic rings. The summed E-state index contributed by atoms with van der Waals surface area (Å²) in [6, 6.07) is 36.3. The summed E-state index contributed by atoms with van der Waals surface area (Å²) in [4.78, 5) is 29.5. The van der Waals surface area contributed by atoms with Crippen LogP contribution in [-0.4, -0.2) is 29.9 Å². The number of aromatic nitrogens is 6. The van der Waals surface area contributed by atoms with Gasteiger partial charge in [0.2, 0.25) is 0 Å². The highest BCUT2D eigenvalue weighted by atomic mass is 15.0. The van der Waals surface area contributed by atoms with Crippen LogP contribution in [0.25, 0.3) is 77.8 Å². The maximum atomic E-state index is 5.26. The maximum Gasteiger partial charge on any atom is 0.183 e. The van der Waals surface area contributed by atoms with Crippen molar-refractivity contribution in [2.45, 2.75) is 0 Å². The third-order valence-corrected chi connectivity index (χ3v) is 7.19. The Morgan fingerprint density at radius 1 is 0.375 bits per heavy atom. The number of benzene rings is 4. The van der Waals surface area contributed by atoms with Crippen molar-refractivity contribution in [1.29, 1.82) is 0 Å². The quantitative estimate of drug-likeness (QED) is 0.226. The fourth-order valence-corrected chi connectivity index (χ4v) is 5.29. The van der Waals surface area contributed by atoms with Crippen LogP contribution in [0.3, 0.4) is 0 Å². The Morgan fingerprint density at radius 2 is 1.02 bits per heavy atom. The van der Waals surface area contributed by atoms with Crippen LogP contribution in [0, 0.1) is 0 Å². The summed E-state index contributed by atoms with van der Waals surface area (Å²) in [5.74, 6) is 1.73. The van der Waals surface area contributed by atoms with Gasteiger partial charge in [0.25, 0.3) is 0 Å². The summed E-state index contributed by atoms with van der Waals surface area (Å²) >= 11 is 0. The molecule has 0 aliphatic heterocycles. The first-order valence-corrected chi connectivity index (χ1v) is 13.1. The number of rotatable bonds is 3. The van der Waals surface area contributed by atoms with Crippen molar-refractivity contribution >= 4 is 43.5 Å². The number of nitrogens with zero attached hydrogens (tertiary/aromatic N) is 6. The Labute approximate surface area is 229 Å². The van der Waals surface area contributed by atoms with Crippen LogP contribution in [0.4, 0.5) is 0 Å². The molecule has 6 nitrogen and oxygen atoms in total. The van der Waals surface area contributed by atoms with Gasteiger partial charge < -0.3 is 0 Å². The Bertz CT molecular complexity index is 2160. The second-order valence-electron chi connectivity index (χ2n) is 9.60. The van der Waals surface area contributed by atoms with E-state index >= 15 is 0 Å². The molecule has 0 saturated heterocycles. The summed E-state index contributed by atoms with van der Waals surface area (Å²) in [5.41, 5.74) is 5.06. The minimum atomic E-state index is 0.523. The standard InChI is InChI=1S/C34H20N6/c1-3-10-22(11-4-1)32-38-33(23-12-5-2-6-13-23)40-34(39-32)31-25-16-8-7-15-24(25)27-20-36-30-26(29(27)37-31)18-17-21-14-9-19-35-28(21)30/h1-20H. The van der Waals surface area contributed by atoms with Gasteiger partial charge in [0.05, 0.1) is 16.6 Å². The number of pyridine rings is 3. The third-order valence-electron chi connectivity index (χ3n) is 7.19. The molecule has 0 amide bonds. The molecule has 4 heterocycles.